The number of allylic oxidation sites excluding steroid dienone is 1. The third kappa shape index (κ3) is 6.66. The van der Waals surface area contributed by atoms with Crippen LogP contribution in [0.1, 0.15) is 63.0 Å². The van der Waals surface area contributed by atoms with Gasteiger partial charge < -0.3 is 14.6 Å². The summed E-state index contributed by atoms with van der Waals surface area (Å²) in [6.07, 6.45) is 8.12. The predicted molar refractivity (Wildman–Crippen MR) is 145 cm³/mol. The number of aliphatic hydroxyl groups excluding tert-OH is 1. The zero-order valence-electron chi connectivity index (χ0n) is 21.6. The van der Waals surface area contributed by atoms with Gasteiger partial charge >= 0.3 is 5.97 Å². The summed E-state index contributed by atoms with van der Waals surface area (Å²) < 4.78 is 26.4. The molecule has 0 aliphatic heterocycles. The van der Waals surface area contributed by atoms with Crippen molar-refractivity contribution in [2.24, 2.45) is 0 Å². The van der Waals surface area contributed by atoms with Crippen molar-refractivity contribution in [3.05, 3.63) is 89.3 Å². The number of hydrogen-bond donors (Lipinski definition) is 1. The van der Waals surface area contributed by atoms with Crippen molar-refractivity contribution in [1.29, 1.82) is 0 Å². The number of hydrogen-bond acceptors (Lipinski definition) is 4. The van der Waals surface area contributed by atoms with Crippen molar-refractivity contribution in [3.8, 4) is 28.0 Å². The first-order valence-corrected chi connectivity index (χ1v) is 13.1. The highest BCUT2D eigenvalue weighted by Crippen LogP contribution is 2.35. The molecule has 0 spiro atoms. The Morgan fingerprint density at radius 2 is 1.68 bits per heavy atom. The van der Waals surface area contributed by atoms with Gasteiger partial charge in [-0.05, 0) is 73.1 Å². The molecule has 1 aliphatic carbocycles. The average molecular weight is 503 g/mol. The van der Waals surface area contributed by atoms with Gasteiger partial charge in [-0.1, -0.05) is 67.8 Å². The normalized spacial score (nSPS) is 14.4. The molecule has 37 heavy (non-hydrogen) atoms. The van der Waals surface area contributed by atoms with Crippen LogP contribution in [0.25, 0.3) is 22.3 Å². The second-order valence-electron chi connectivity index (χ2n) is 9.59. The molecule has 0 unspecified atom stereocenters. The summed E-state index contributed by atoms with van der Waals surface area (Å²) in [6.45, 7) is 3.39. The number of halogens is 1. The Hall–Kier alpha value is -3.44. The lowest BCUT2D eigenvalue weighted by Gasteiger charge is -2.22. The molecule has 4 nitrogen and oxygen atoms in total. The van der Waals surface area contributed by atoms with Gasteiger partial charge in [0.25, 0.3) is 0 Å². The lowest BCUT2D eigenvalue weighted by Crippen LogP contribution is -2.08. The molecule has 0 atom stereocenters. The molecule has 0 amide bonds. The third-order valence-corrected chi connectivity index (χ3v) is 7.12. The van der Waals surface area contributed by atoms with Gasteiger partial charge in [0.15, 0.2) is 0 Å². The van der Waals surface area contributed by atoms with Crippen LogP contribution >= 0.6 is 0 Å². The largest absolute Gasteiger partial charge is 0.491 e. The van der Waals surface area contributed by atoms with E-state index >= 15 is 4.39 Å². The quantitative estimate of drug-likeness (QED) is 0.242. The van der Waals surface area contributed by atoms with E-state index in [1.165, 1.54) is 37.7 Å². The van der Waals surface area contributed by atoms with E-state index in [9.17, 15) is 4.79 Å². The lowest BCUT2D eigenvalue weighted by atomic mass is 9.83. The van der Waals surface area contributed by atoms with Gasteiger partial charge in [-0.25, -0.2) is 9.18 Å². The molecule has 1 saturated carbocycles. The standard InChI is InChI=1S/C32H35FO4/c1-3-22(2)32(35)37-21-28-19-27(14-16-31(28)36-18-17-34)29-15-13-26(20-30(29)33)25-11-9-24(10-12-25)23-7-5-4-6-8-23/h3,9-16,19-20,23,34H,4-8,17-18,21H2,1-2H3/b22-3+. The Morgan fingerprint density at radius 3 is 2.35 bits per heavy atom. The number of carbonyl (C=O) groups is 1. The predicted octanol–water partition coefficient (Wildman–Crippen LogP) is 7.59. The topological polar surface area (TPSA) is 55.8 Å². The Kier molecular flexibility index (Phi) is 9.13. The minimum Gasteiger partial charge on any atom is -0.491 e. The minimum absolute atomic E-state index is 0.0222. The van der Waals surface area contributed by atoms with E-state index < -0.39 is 5.97 Å². The monoisotopic (exact) mass is 502 g/mol. The molecule has 194 valence electrons. The van der Waals surface area contributed by atoms with Crippen molar-refractivity contribution in [1.82, 2.24) is 0 Å². The molecule has 1 fully saturated rings. The highest BCUT2D eigenvalue weighted by atomic mass is 19.1. The number of aliphatic hydroxyl groups is 1. The lowest BCUT2D eigenvalue weighted by molar-refractivity contribution is -0.140. The molecule has 3 aromatic carbocycles. The SMILES string of the molecule is C/C=C(\C)C(=O)OCc1cc(-c2ccc(-c3ccc(C4CCCCC4)cc3)cc2F)ccc1OCCO. The molecule has 1 aliphatic rings. The van der Waals surface area contributed by atoms with Gasteiger partial charge in [0, 0.05) is 16.7 Å². The molecular formula is C32H35FO4. The Balaban J connectivity index is 1.55. The zero-order valence-corrected chi connectivity index (χ0v) is 21.6. The molecule has 4 rings (SSSR count). The summed E-state index contributed by atoms with van der Waals surface area (Å²) in [5.41, 5.74) is 5.41. The van der Waals surface area contributed by atoms with Crippen LogP contribution in [0.2, 0.25) is 0 Å². The maximum Gasteiger partial charge on any atom is 0.333 e. The van der Waals surface area contributed by atoms with Crippen molar-refractivity contribution >= 4 is 5.97 Å². The number of ether oxygens (including phenoxy) is 2. The number of benzene rings is 3. The van der Waals surface area contributed by atoms with Gasteiger partial charge in [-0.3, -0.25) is 0 Å². The third-order valence-electron chi connectivity index (χ3n) is 7.12. The highest BCUT2D eigenvalue weighted by Gasteiger charge is 2.16. The fourth-order valence-electron chi connectivity index (χ4n) is 4.84. The first kappa shape index (κ1) is 26.6. The minimum atomic E-state index is -0.425. The van der Waals surface area contributed by atoms with Gasteiger partial charge in [-0.2, -0.15) is 0 Å². The van der Waals surface area contributed by atoms with Crippen LogP contribution in [0.4, 0.5) is 4.39 Å². The summed E-state index contributed by atoms with van der Waals surface area (Å²) >= 11 is 0. The van der Waals surface area contributed by atoms with Gasteiger partial charge in [0.2, 0.25) is 0 Å². The van der Waals surface area contributed by atoms with Gasteiger partial charge in [-0.15, -0.1) is 0 Å². The van der Waals surface area contributed by atoms with Gasteiger partial charge in [0.1, 0.15) is 24.8 Å². The fraction of sp³-hybridized carbons (Fsp3) is 0.344. The van der Waals surface area contributed by atoms with Crippen molar-refractivity contribution in [2.75, 3.05) is 13.2 Å². The summed E-state index contributed by atoms with van der Waals surface area (Å²) in [7, 11) is 0. The van der Waals surface area contributed by atoms with E-state index in [2.05, 4.69) is 24.3 Å². The molecule has 0 saturated heterocycles. The maximum atomic E-state index is 15.3. The van der Waals surface area contributed by atoms with E-state index in [1.54, 1.807) is 50.3 Å². The number of carbonyl (C=O) groups excluding carboxylic acids is 1. The molecule has 3 aromatic rings. The molecule has 0 heterocycles. The molecule has 1 N–H and O–H groups in total. The maximum absolute atomic E-state index is 15.3. The first-order valence-electron chi connectivity index (χ1n) is 13.1. The van der Waals surface area contributed by atoms with Crippen LogP contribution in [0.15, 0.2) is 72.3 Å². The Morgan fingerprint density at radius 1 is 0.973 bits per heavy atom. The van der Waals surface area contributed by atoms with Crippen molar-refractivity contribution in [3.63, 3.8) is 0 Å². The highest BCUT2D eigenvalue weighted by molar-refractivity contribution is 5.87. The fourth-order valence-corrected chi connectivity index (χ4v) is 4.84. The summed E-state index contributed by atoms with van der Waals surface area (Å²) in [5.74, 6) is 0.372. The summed E-state index contributed by atoms with van der Waals surface area (Å²) in [5, 5.41) is 9.14. The summed E-state index contributed by atoms with van der Waals surface area (Å²) in [6, 6.07) is 19.1. The Labute approximate surface area is 218 Å². The summed E-state index contributed by atoms with van der Waals surface area (Å²) in [4.78, 5) is 12.1. The van der Waals surface area contributed by atoms with E-state index in [0.717, 1.165) is 11.1 Å². The molecule has 0 radical (unpaired) electrons. The zero-order chi connectivity index (χ0) is 26.2. The second kappa shape index (κ2) is 12.7. The van der Waals surface area contributed by atoms with Crippen molar-refractivity contribution < 1.29 is 23.8 Å². The average Bonchev–Trinajstić information content (AvgIpc) is 2.95. The van der Waals surface area contributed by atoms with Crippen LogP contribution in [0.5, 0.6) is 5.75 Å². The van der Waals surface area contributed by atoms with E-state index in [0.29, 0.717) is 33.9 Å². The number of rotatable bonds is 9. The first-order chi connectivity index (χ1) is 18.0. The van der Waals surface area contributed by atoms with Crippen LogP contribution in [0, 0.1) is 5.82 Å². The van der Waals surface area contributed by atoms with Gasteiger partial charge in [0.05, 0.1) is 6.61 Å². The number of esters is 1. The molecule has 0 bridgehead atoms. The van der Waals surface area contributed by atoms with Crippen LogP contribution in [-0.4, -0.2) is 24.3 Å². The molecular weight excluding hydrogens is 467 g/mol. The van der Waals surface area contributed by atoms with E-state index in [1.807, 2.05) is 6.07 Å². The van der Waals surface area contributed by atoms with E-state index in [4.69, 9.17) is 14.6 Å². The van der Waals surface area contributed by atoms with Crippen molar-refractivity contribution in [2.45, 2.75) is 58.5 Å². The van der Waals surface area contributed by atoms with Crippen LogP contribution in [-0.2, 0) is 16.1 Å². The van der Waals surface area contributed by atoms with Crippen LogP contribution < -0.4 is 4.74 Å². The Bertz CT molecular complexity index is 1240. The smallest absolute Gasteiger partial charge is 0.333 e. The second-order valence-corrected chi connectivity index (χ2v) is 9.59. The molecule has 5 heteroatoms. The molecule has 0 aromatic heterocycles. The van der Waals surface area contributed by atoms with Crippen LogP contribution in [0.3, 0.4) is 0 Å². The van der Waals surface area contributed by atoms with E-state index in [-0.39, 0.29) is 25.6 Å².